The first kappa shape index (κ1) is 21.8. The lowest BCUT2D eigenvalue weighted by Crippen LogP contribution is -2.48. The van der Waals surface area contributed by atoms with Crippen molar-refractivity contribution < 1.29 is 18.0 Å². The fourth-order valence-electron chi connectivity index (χ4n) is 3.59. The van der Waals surface area contributed by atoms with Crippen LogP contribution >= 0.6 is 0 Å². The third kappa shape index (κ3) is 5.26. The van der Waals surface area contributed by atoms with Crippen LogP contribution < -0.4 is 0 Å². The van der Waals surface area contributed by atoms with Gasteiger partial charge in [0.1, 0.15) is 0 Å². The summed E-state index contributed by atoms with van der Waals surface area (Å²) in [4.78, 5) is 16.9. The lowest BCUT2D eigenvalue weighted by molar-refractivity contribution is -0.141. The van der Waals surface area contributed by atoms with Crippen molar-refractivity contribution in [2.75, 3.05) is 32.7 Å². The maximum Gasteiger partial charge on any atom is 0.435 e. The molecule has 0 radical (unpaired) electrons. The van der Waals surface area contributed by atoms with E-state index in [1.54, 1.807) is 24.3 Å². The summed E-state index contributed by atoms with van der Waals surface area (Å²) in [5.41, 5.74) is 1.19. The summed E-state index contributed by atoms with van der Waals surface area (Å²) in [5, 5.41) is 3.55. The Hall–Kier alpha value is -3.39. The lowest BCUT2D eigenvalue weighted by Gasteiger charge is -2.34. The Morgan fingerprint density at radius 2 is 1.62 bits per heavy atom. The number of halogens is 3. The van der Waals surface area contributed by atoms with E-state index in [4.69, 9.17) is 0 Å². The van der Waals surface area contributed by atoms with Gasteiger partial charge in [0.15, 0.2) is 5.69 Å². The van der Waals surface area contributed by atoms with E-state index in [2.05, 4.69) is 34.3 Å². The van der Waals surface area contributed by atoms with Gasteiger partial charge in [0.2, 0.25) is 0 Å². The van der Waals surface area contributed by atoms with Gasteiger partial charge in [-0.05, 0) is 35.9 Å². The molecule has 5 nitrogen and oxygen atoms in total. The molecule has 0 saturated carbocycles. The Kier molecular flexibility index (Phi) is 6.41. The predicted octanol–water partition coefficient (Wildman–Crippen LogP) is 4.36. The summed E-state index contributed by atoms with van der Waals surface area (Å²) >= 11 is 0. The second-order valence-corrected chi connectivity index (χ2v) is 7.60. The van der Waals surface area contributed by atoms with Crippen molar-refractivity contribution in [2.24, 2.45) is 0 Å². The van der Waals surface area contributed by atoms with Crippen molar-refractivity contribution in [3.05, 3.63) is 89.8 Å². The zero-order valence-electron chi connectivity index (χ0n) is 17.4. The van der Waals surface area contributed by atoms with Crippen LogP contribution in [0, 0.1) is 0 Å². The number of aromatic nitrogens is 2. The monoisotopic (exact) mass is 440 g/mol. The van der Waals surface area contributed by atoms with Crippen molar-refractivity contribution in [3.63, 3.8) is 0 Å². The second kappa shape index (κ2) is 9.40. The SMILES string of the molecule is O=C(c1ccc(-n2ccc(C(F)(F)F)n2)cc1)N1CCN(C/C=C/c2ccccc2)CC1. The third-order valence-corrected chi connectivity index (χ3v) is 5.39. The standard InChI is InChI=1S/C24H23F3N4O/c25-24(26,27)22-12-14-31(28-22)21-10-8-20(9-11-21)23(32)30-17-15-29(16-18-30)13-4-7-19-5-2-1-3-6-19/h1-12,14H,13,15-18H2/b7-4+. The third-order valence-electron chi connectivity index (χ3n) is 5.39. The second-order valence-electron chi connectivity index (χ2n) is 7.60. The number of piperazine rings is 1. The van der Waals surface area contributed by atoms with Gasteiger partial charge in [0, 0.05) is 44.5 Å². The van der Waals surface area contributed by atoms with Crippen molar-refractivity contribution in [3.8, 4) is 5.69 Å². The van der Waals surface area contributed by atoms with Crippen LogP contribution in [0.25, 0.3) is 11.8 Å². The zero-order valence-corrected chi connectivity index (χ0v) is 17.4. The molecule has 0 atom stereocenters. The van der Waals surface area contributed by atoms with E-state index in [0.717, 1.165) is 35.9 Å². The minimum absolute atomic E-state index is 0.0764. The van der Waals surface area contributed by atoms with Crippen LogP contribution in [0.15, 0.2) is 72.9 Å². The first-order chi connectivity index (χ1) is 15.4. The molecule has 1 aliphatic rings. The molecule has 166 valence electrons. The van der Waals surface area contributed by atoms with E-state index in [9.17, 15) is 18.0 Å². The molecular formula is C24H23F3N4O. The minimum Gasteiger partial charge on any atom is -0.336 e. The number of hydrogen-bond acceptors (Lipinski definition) is 3. The molecule has 0 unspecified atom stereocenters. The van der Waals surface area contributed by atoms with E-state index in [1.165, 1.54) is 6.20 Å². The predicted molar refractivity (Wildman–Crippen MR) is 116 cm³/mol. The highest BCUT2D eigenvalue weighted by Crippen LogP contribution is 2.28. The maximum atomic E-state index is 12.8. The minimum atomic E-state index is -4.49. The highest BCUT2D eigenvalue weighted by atomic mass is 19.4. The molecule has 0 aliphatic carbocycles. The molecule has 1 fully saturated rings. The highest BCUT2D eigenvalue weighted by molar-refractivity contribution is 5.94. The Labute approximate surface area is 184 Å². The van der Waals surface area contributed by atoms with Crippen LogP contribution in [0.4, 0.5) is 13.2 Å². The molecule has 2 aromatic carbocycles. The summed E-state index contributed by atoms with van der Waals surface area (Å²) in [5.74, 6) is -0.0764. The van der Waals surface area contributed by atoms with Gasteiger partial charge in [-0.2, -0.15) is 18.3 Å². The van der Waals surface area contributed by atoms with Crippen LogP contribution in [-0.2, 0) is 6.18 Å². The molecule has 4 rings (SSSR count). The summed E-state index contributed by atoms with van der Waals surface area (Å²) in [6.45, 7) is 3.67. The molecule has 1 saturated heterocycles. The molecule has 0 spiro atoms. The van der Waals surface area contributed by atoms with Crippen LogP contribution in [0.1, 0.15) is 21.6 Å². The van der Waals surface area contributed by atoms with Crippen LogP contribution in [-0.4, -0.2) is 58.2 Å². The van der Waals surface area contributed by atoms with Gasteiger partial charge in [-0.25, -0.2) is 4.68 Å². The number of benzene rings is 2. The summed E-state index contributed by atoms with van der Waals surface area (Å²) in [6.07, 6.45) is 0.993. The largest absolute Gasteiger partial charge is 0.435 e. The van der Waals surface area contributed by atoms with Gasteiger partial charge in [-0.15, -0.1) is 0 Å². The summed E-state index contributed by atoms with van der Waals surface area (Å²) < 4.78 is 39.4. The van der Waals surface area contributed by atoms with Crippen LogP contribution in [0.2, 0.25) is 0 Å². The first-order valence-electron chi connectivity index (χ1n) is 10.4. The topological polar surface area (TPSA) is 41.4 Å². The zero-order chi connectivity index (χ0) is 22.6. The quantitative estimate of drug-likeness (QED) is 0.592. The molecule has 1 aliphatic heterocycles. The molecule has 0 N–H and O–H groups in total. The maximum absolute atomic E-state index is 12.8. The van der Waals surface area contributed by atoms with Gasteiger partial charge in [0.25, 0.3) is 5.91 Å². The molecule has 1 aromatic heterocycles. The number of amides is 1. The first-order valence-corrected chi connectivity index (χ1v) is 10.4. The molecular weight excluding hydrogens is 417 g/mol. The Morgan fingerprint density at radius 3 is 2.25 bits per heavy atom. The average molecular weight is 440 g/mol. The Balaban J connectivity index is 1.30. The van der Waals surface area contributed by atoms with E-state index in [1.807, 2.05) is 23.1 Å². The van der Waals surface area contributed by atoms with Crippen molar-refractivity contribution in [1.29, 1.82) is 0 Å². The summed E-state index contributed by atoms with van der Waals surface area (Å²) in [7, 11) is 0. The smallest absolute Gasteiger partial charge is 0.336 e. The number of carbonyl (C=O) groups is 1. The molecule has 1 amide bonds. The van der Waals surface area contributed by atoms with Crippen molar-refractivity contribution in [2.45, 2.75) is 6.18 Å². The van der Waals surface area contributed by atoms with Gasteiger partial charge in [0.05, 0.1) is 5.69 Å². The Bertz CT molecular complexity index is 1070. The molecule has 8 heteroatoms. The highest BCUT2D eigenvalue weighted by Gasteiger charge is 2.33. The van der Waals surface area contributed by atoms with Gasteiger partial charge in [-0.1, -0.05) is 42.5 Å². The lowest BCUT2D eigenvalue weighted by atomic mass is 10.1. The van der Waals surface area contributed by atoms with Gasteiger partial charge < -0.3 is 4.90 Å². The normalized spacial score (nSPS) is 15.4. The van der Waals surface area contributed by atoms with Gasteiger partial charge in [-0.3, -0.25) is 9.69 Å². The number of nitrogens with zero attached hydrogens (tertiary/aromatic N) is 4. The number of rotatable bonds is 5. The fraction of sp³-hybridized carbons (Fsp3) is 0.250. The Morgan fingerprint density at radius 1 is 0.938 bits per heavy atom. The molecule has 2 heterocycles. The number of hydrogen-bond donors (Lipinski definition) is 0. The van der Waals surface area contributed by atoms with E-state index in [-0.39, 0.29) is 5.91 Å². The van der Waals surface area contributed by atoms with Crippen molar-refractivity contribution in [1.82, 2.24) is 19.6 Å². The number of carbonyl (C=O) groups excluding carboxylic acids is 1. The number of alkyl halides is 3. The van der Waals surface area contributed by atoms with E-state index >= 15 is 0 Å². The average Bonchev–Trinajstić information content (AvgIpc) is 3.31. The molecule has 32 heavy (non-hydrogen) atoms. The molecule has 3 aromatic rings. The van der Waals surface area contributed by atoms with Gasteiger partial charge >= 0.3 is 6.18 Å². The molecule has 0 bridgehead atoms. The van der Waals surface area contributed by atoms with E-state index < -0.39 is 11.9 Å². The van der Waals surface area contributed by atoms with Crippen LogP contribution in [0.5, 0.6) is 0 Å². The van der Waals surface area contributed by atoms with Crippen LogP contribution in [0.3, 0.4) is 0 Å². The fourth-order valence-corrected chi connectivity index (χ4v) is 3.59. The summed E-state index contributed by atoms with van der Waals surface area (Å²) in [6, 6.07) is 17.5. The van der Waals surface area contributed by atoms with Crippen molar-refractivity contribution >= 4 is 12.0 Å². The van der Waals surface area contributed by atoms with E-state index in [0.29, 0.717) is 24.3 Å².